The summed E-state index contributed by atoms with van der Waals surface area (Å²) in [6, 6.07) is 0. The summed E-state index contributed by atoms with van der Waals surface area (Å²) in [5.41, 5.74) is 2.22. The standard InChI is InChI=1S/C12H21N3OS/c1-9-10(11(16-3)15(2)14-9)7-13-8-12(17-4)5-6-12/h13H,5-8H2,1-4H3. The Bertz CT molecular complexity index is 399. The van der Waals surface area contributed by atoms with Crippen LogP contribution in [0.1, 0.15) is 24.1 Å². The zero-order valence-electron chi connectivity index (χ0n) is 11.0. The smallest absolute Gasteiger partial charge is 0.216 e. The van der Waals surface area contributed by atoms with E-state index in [1.54, 1.807) is 11.8 Å². The second-order valence-corrected chi connectivity index (χ2v) is 5.96. The van der Waals surface area contributed by atoms with E-state index < -0.39 is 0 Å². The molecule has 1 aromatic rings. The van der Waals surface area contributed by atoms with Gasteiger partial charge in [-0.05, 0) is 26.0 Å². The summed E-state index contributed by atoms with van der Waals surface area (Å²) in [7, 11) is 3.61. The fourth-order valence-electron chi connectivity index (χ4n) is 2.15. The van der Waals surface area contributed by atoms with Crippen molar-refractivity contribution in [2.45, 2.75) is 31.1 Å². The van der Waals surface area contributed by atoms with Crippen LogP contribution in [0.4, 0.5) is 0 Å². The molecule has 4 nitrogen and oxygen atoms in total. The number of hydrogen-bond acceptors (Lipinski definition) is 4. The van der Waals surface area contributed by atoms with Crippen LogP contribution in [-0.4, -0.2) is 34.4 Å². The molecule has 2 rings (SSSR count). The number of aryl methyl sites for hydroxylation is 2. The first-order valence-electron chi connectivity index (χ1n) is 5.94. The van der Waals surface area contributed by atoms with E-state index in [0.717, 1.165) is 24.7 Å². The van der Waals surface area contributed by atoms with Crippen molar-refractivity contribution in [1.29, 1.82) is 0 Å². The van der Waals surface area contributed by atoms with Gasteiger partial charge in [-0.25, -0.2) is 4.68 Å². The van der Waals surface area contributed by atoms with Gasteiger partial charge in [0.05, 0.1) is 18.4 Å². The minimum Gasteiger partial charge on any atom is -0.481 e. The molecule has 1 aromatic heterocycles. The second-order valence-electron chi connectivity index (χ2n) is 4.69. The van der Waals surface area contributed by atoms with E-state index in [1.807, 2.05) is 25.7 Å². The number of nitrogens with zero attached hydrogens (tertiary/aromatic N) is 2. The SMILES string of the molecule is COc1c(CNCC2(SC)CC2)c(C)nn1C. The molecule has 1 N–H and O–H groups in total. The van der Waals surface area contributed by atoms with E-state index in [2.05, 4.69) is 16.7 Å². The summed E-state index contributed by atoms with van der Waals surface area (Å²) < 4.78 is 7.68. The third-order valence-corrected chi connectivity index (χ3v) is 4.89. The lowest BCUT2D eigenvalue weighted by atomic mass is 10.2. The molecule has 0 spiro atoms. The van der Waals surface area contributed by atoms with Gasteiger partial charge < -0.3 is 10.1 Å². The number of methoxy groups -OCH3 is 1. The predicted octanol–water partition coefficient (Wildman–Crippen LogP) is 1.72. The van der Waals surface area contributed by atoms with Crippen molar-refractivity contribution in [3.05, 3.63) is 11.3 Å². The highest BCUT2D eigenvalue weighted by Crippen LogP contribution is 2.46. The fourth-order valence-corrected chi connectivity index (χ4v) is 2.90. The molecule has 0 saturated heterocycles. The topological polar surface area (TPSA) is 39.1 Å². The van der Waals surface area contributed by atoms with Gasteiger partial charge >= 0.3 is 0 Å². The fraction of sp³-hybridized carbons (Fsp3) is 0.750. The molecule has 1 aliphatic carbocycles. The number of hydrogen-bond donors (Lipinski definition) is 1. The number of nitrogens with one attached hydrogen (secondary N) is 1. The number of thioether (sulfide) groups is 1. The molecule has 17 heavy (non-hydrogen) atoms. The lowest BCUT2D eigenvalue weighted by molar-refractivity contribution is 0.368. The third kappa shape index (κ3) is 2.60. The van der Waals surface area contributed by atoms with Crippen LogP contribution in [0.5, 0.6) is 5.88 Å². The highest BCUT2D eigenvalue weighted by Gasteiger charge is 2.41. The van der Waals surface area contributed by atoms with Crippen molar-refractivity contribution < 1.29 is 4.74 Å². The Kier molecular flexibility index (Phi) is 3.68. The first kappa shape index (κ1) is 12.8. The van der Waals surface area contributed by atoms with Crippen molar-refractivity contribution in [3.8, 4) is 5.88 Å². The average Bonchev–Trinajstić information content (AvgIpc) is 3.03. The molecule has 0 atom stereocenters. The zero-order valence-corrected chi connectivity index (χ0v) is 11.9. The van der Waals surface area contributed by atoms with Gasteiger partial charge in [0.15, 0.2) is 0 Å². The van der Waals surface area contributed by atoms with Crippen LogP contribution in [0.15, 0.2) is 0 Å². The maximum absolute atomic E-state index is 5.38. The molecule has 0 unspecified atom stereocenters. The van der Waals surface area contributed by atoms with Gasteiger partial charge in [-0.3, -0.25) is 0 Å². The Morgan fingerprint density at radius 1 is 1.53 bits per heavy atom. The first-order valence-corrected chi connectivity index (χ1v) is 7.17. The van der Waals surface area contributed by atoms with E-state index in [9.17, 15) is 0 Å². The lowest BCUT2D eigenvalue weighted by Gasteiger charge is -2.13. The summed E-state index contributed by atoms with van der Waals surface area (Å²) in [4.78, 5) is 0. The maximum Gasteiger partial charge on any atom is 0.216 e. The molecule has 0 aromatic carbocycles. The zero-order chi connectivity index (χ0) is 12.5. The predicted molar refractivity (Wildman–Crippen MR) is 71.7 cm³/mol. The van der Waals surface area contributed by atoms with Gasteiger partial charge in [0.25, 0.3) is 0 Å². The van der Waals surface area contributed by atoms with E-state index >= 15 is 0 Å². The molecule has 1 saturated carbocycles. The third-order valence-electron chi connectivity index (χ3n) is 3.47. The largest absolute Gasteiger partial charge is 0.481 e. The van der Waals surface area contributed by atoms with Crippen molar-refractivity contribution in [2.24, 2.45) is 7.05 Å². The Labute approximate surface area is 107 Å². The number of ether oxygens (including phenoxy) is 1. The van der Waals surface area contributed by atoms with Crippen LogP contribution in [-0.2, 0) is 13.6 Å². The summed E-state index contributed by atoms with van der Waals surface area (Å²) in [5, 5.41) is 7.91. The van der Waals surface area contributed by atoms with Crippen LogP contribution in [0, 0.1) is 6.92 Å². The molecule has 1 fully saturated rings. The highest BCUT2D eigenvalue weighted by atomic mass is 32.2. The Morgan fingerprint density at radius 2 is 2.24 bits per heavy atom. The number of rotatable bonds is 6. The summed E-state index contributed by atoms with van der Waals surface area (Å²) in [6.07, 6.45) is 4.87. The van der Waals surface area contributed by atoms with Gasteiger partial charge in [-0.1, -0.05) is 0 Å². The van der Waals surface area contributed by atoms with Gasteiger partial charge in [-0.15, -0.1) is 0 Å². The molecule has 1 heterocycles. The van der Waals surface area contributed by atoms with Crippen LogP contribution in [0.3, 0.4) is 0 Å². The second kappa shape index (κ2) is 4.90. The molecule has 0 aliphatic heterocycles. The summed E-state index contributed by atoms with van der Waals surface area (Å²) in [6.45, 7) is 3.94. The first-order chi connectivity index (χ1) is 8.12. The Hall–Kier alpha value is -0.680. The summed E-state index contributed by atoms with van der Waals surface area (Å²) >= 11 is 1.98. The van der Waals surface area contributed by atoms with Gasteiger partial charge in [0, 0.05) is 24.9 Å². The van der Waals surface area contributed by atoms with E-state index in [1.165, 1.54) is 18.4 Å². The van der Waals surface area contributed by atoms with Crippen molar-refractivity contribution >= 4 is 11.8 Å². The number of aromatic nitrogens is 2. The van der Waals surface area contributed by atoms with E-state index in [0.29, 0.717) is 4.75 Å². The van der Waals surface area contributed by atoms with Crippen LogP contribution in [0.25, 0.3) is 0 Å². The van der Waals surface area contributed by atoms with Crippen LogP contribution >= 0.6 is 11.8 Å². The quantitative estimate of drug-likeness (QED) is 0.840. The van der Waals surface area contributed by atoms with Gasteiger partial charge in [0.1, 0.15) is 0 Å². The van der Waals surface area contributed by atoms with Gasteiger partial charge in [-0.2, -0.15) is 16.9 Å². The van der Waals surface area contributed by atoms with Crippen molar-refractivity contribution in [1.82, 2.24) is 15.1 Å². The van der Waals surface area contributed by atoms with Crippen molar-refractivity contribution in [3.63, 3.8) is 0 Å². The molecule has 0 bridgehead atoms. The highest BCUT2D eigenvalue weighted by molar-refractivity contribution is 8.00. The van der Waals surface area contributed by atoms with Crippen LogP contribution in [0.2, 0.25) is 0 Å². The minimum atomic E-state index is 0.503. The monoisotopic (exact) mass is 255 g/mol. The van der Waals surface area contributed by atoms with E-state index in [-0.39, 0.29) is 0 Å². The summed E-state index contributed by atoms with van der Waals surface area (Å²) in [5.74, 6) is 0.865. The van der Waals surface area contributed by atoms with Gasteiger partial charge in [0.2, 0.25) is 5.88 Å². The van der Waals surface area contributed by atoms with Crippen molar-refractivity contribution in [2.75, 3.05) is 19.9 Å². The minimum absolute atomic E-state index is 0.503. The molecule has 1 aliphatic rings. The molecule has 5 heteroatoms. The normalized spacial score (nSPS) is 17.2. The molecular weight excluding hydrogens is 234 g/mol. The Balaban J connectivity index is 1.94. The maximum atomic E-state index is 5.38. The molecular formula is C12H21N3OS. The molecule has 0 amide bonds. The van der Waals surface area contributed by atoms with E-state index in [4.69, 9.17) is 4.74 Å². The lowest BCUT2D eigenvalue weighted by Crippen LogP contribution is -2.25. The molecule has 96 valence electrons. The average molecular weight is 255 g/mol. The van der Waals surface area contributed by atoms with Crippen LogP contribution < -0.4 is 10.1 Å². The Morgan fingerprint density at radius 3 is 2.76 bits per heavy atom. The molecule has 0 radical (unpaired) electrons.